The minimum atomic E-state index is -0.658. The minimum absolute atomic E-state index is 0.206. The van der Waals surface area contributed by atoms with E-state index in [0.717, 1.165) is 24.9 Å². The normalized spacial score (nSPS) is 21.4. The molecule has 0 unspecified atom stereocenters. The van der Waals surface area contributed by atoms with Gasteiger partial charge in [-0.1, -0.05) is 12.1 Å². The molecule has 2 N–H and O–H groups in total. The van der Waals surface area contributed by atoms with Crippen LogP contribution < -0.4 is 15.4 Å². The van der Waals surface area contributed by atoms with Gasteiger partial charge in [-0.2, -0.15) is 0 Å². The Morgan fingerprint density at radius 2 is 1.84 bits per heavy atom. The zero-order valence-corrected chi connectivity index (χ0v) is 18.8. The lowest BCUT2D eigenvalue weighted by atomic mass is 9.93. The Labute approximate surface area is 188 Å². The number of rotatable bonds is 8. The van der Waals surface area contributed by atoms with Crippen molar-refractivity contribution in [2.45, 2.75) is 32.7 Å². The van der Waals surface area contributed by atoms with E-state index in [1.807, 2.05) is 12.1 Å². The minimum Gasteiger partial charge on any atom is -0.497 e. The van der Waals surface area contributed by atoms with Crippen molar-refractivity contribution in [1.82, 2.24) is 15.5 Å². The van der Waals surface area contributed by atoms with Gasteiger partial charge in [0.2, 0.25) is 0 Å². The molecule has 1 aromatic carbocycles. The largest absolute Gasteiger partial charge is 0.497 e. The van der Waals surface area contributed by atoms with Gasteiger partial charge in [0.05, 0.1) is 37.9 Å². The first-order valence-electron chi connectivity index (χ1n) is 11.0. The van der Waals surface area contributed by atoms with Crippen LogP contribution in [-0.4, -0.2) is 62.8 Å². The fourth-order valence-corrected chi connectivity index (χ4v) is 4.11. The predicted molar refractivity (Wildman–Crippen MR) is 117 cm³/mol. The number of methoxy groups -OCH3 is 1. The highest BCUT2D eigenvalue weighted by molar-refractivity contribution is 5.95. The van der Waals surface area contributed by atoms with E-state index in [4.69, 9.17) is 14.2 Å². The van der Waals surface area contributed by atoms with Crippen LogP contribution in [0.25, 0.3) is 0 Å². The van der Waals surface area contributed by atoms with Gasteiger partial charge in [0.15, 0.2) is 0 Å². The van der Waals surface area contributed by atoms with E-state index in [2.05, 4.69) is 15.5 Å². The molecule has 2 aliphatic rings. The molecule has 1 aromatic rings. The molecule has 3 rings (SSSR count). The molecular weight excluding hydrogens is 414 g/mol. The number of ether oxygens (including phenoxy) is 3. The Morgan fingerprint density at radius 3 is 2.50 bits per heavy atom. The van der Waals surface area contributed by atoms with Crippen molar-refractivity contribution in [2.24, 2.45) is 5.92 Å². The number of hydrogen-bond donors (Lipinski definition) is 2. The number of nitrogens with one attached hydrogen (secondary N) is 2. The van der Waals surface area contributed by atoms with E-state index in [-0.39, 0.29) is 18.5 Å². The Kier molecular flexibility index (Phi) is 8.10. The molecule has 0 aromatic heterocycles. The van der Waals surface area contributed by atoms with Gasteiger partial charge < -0.3 is 24.8 Å². The van der Waals surface area contributed by atoms with Crippen LogP contribution in [0.2, 0.25) is 0 Å². The van der Waals surface area contributed by atoms with E-state index in [1.165, 1.54) is 0 Å². The van der Waals surface area contributed by atoms with Crippen LogP contribution in [0.1, 0.15) is 38.3 Å². The molecule has 174 valence electrons. The van der Waals surface area contributed by atoms with Crippen molar-refractivity contribution in [3.63, 3.8) is 0 Å². The van der Waals surface area contributed by atoms with Crippen LogP contribution >= 0.6 is 0 Å². The molecule has 2 aliphatic heterocycles. The fourth-order valence-electron chi connectivity index (χ4n) is 4.11. The van der Waals surface area contributed by atoms with Crippen molar-refractivity contribution < 1.29 is 28.6 Å². The Balaban J connectivity index is 1.90. The smallest absolute Gasteiger partial charge is 0.338 e. The van der Waals surface area contributed by atoms with Crippen molar-refractivity contribution in [3.05, 3.63) is 41.1 Å². The highest BCUT2D eigenvalue weighted by Crippen LogP contribution is 2.30. The predicted octanol–water partition coefficient (Wildman–Crippen LogP) is 2.14. The van der Waals surface area contributed by atoms with Gasteiger partial charge >= 0.3 is 18.0 Å². The molecule has 9 nitrogen and oxygen atoms in total. The van der Waals surface area contributed by atoms with Gasteiger partial charge in [-0.05, 0) is 50.9 Å². The standard InChI is InChI=1S/C23H31N3O6/c1-4-31-21(27)16-7-6-12-26(13-16)14-18-19(22(28)32-5-2)20(25-23(29)24-18)15-8-10-17(30-3)11-9-15/h8-11,16,20H,4-7,12-14H2,1-3H3,(H2,24,25,29)/t16-,20+/m1/s1. The fraction of sp³-hybridized carbons (Fsp3) is 0.522. The first-order chi connectivity index (χ1) is 15.5. The summed E-state index contributed by atoms with van der Waals surface area (Å²) in [6.07, 6.45) is 1.60. The Bertz CT molecular complexity index is 867. The lowest BCUT2D eigenvalue weighted by molar-refractivity contribution is -0.150. The second kappa shape index (κ2) is 11.0. The molecule has 2 heterocycles. The maximum Gasteiger partial charge on any atom is 0.338 e. The summed E-state index contributed by atoms with van der Waals surface area (Å²) in [6.45, 7) is 5.68. The number of nitrogens with zero attached hydrogens (tertiary/aromatic N) is 1. The summed E-state index contributed by atoms with van der Waals surface area (Å²) >= 11 is 0. The monoisotopic (exact) mass is 445 g/mol. The van der Waals surface area contributed by atoms with E-state index in [0.29, 0.717) is 36.7 Å². The van der Waals surface area contributed by atoms with Crippen molar-refractivity contribution in [2.75, 3.05) is 40.0 Å². The molecular formula is C23H31N3O6. The van der Waals surface area contributed by atoms with Crippen LogP contribution in [0.4, 0.5) is 4.79 Å². The third kappa shape index (κ3) is 5.59. The molecule has 0 spiro atoms. The highest BCUT2D eigenvalue weighted by Gasteiger charge is 2.35. The number of hydrogen-bond acceptors (Lipinski definition) is 7. The van der Waals surface area contributed by atoms with Gasteiger partial charge in [0.25, 0.3) is 0 Å². The van der Waals surface area contributed by atoms with E-state index in [9.17, 15) is 14.4 Å². The summed E-state index contributed by atoms with van der Waals surface area (Å²) < 4.78 is 15.7. The topological polar surface area (TPSA) is 106 Å². The van der Waals surface area contributed by atoms with E-state index >= 15 is 0 Å². The van der Waals surface area contributed by atoms with E-state index in [1.54, 1.807) is 33.1 Å². The maximum atomic E-state index is 12.9. The molecule has 32 heavy (non-hydrogen) atoms. The summed E-state index contributed by atoms with van der Waals surface area (Å²) in [6, 6.07) is 6.12. The van der Waals surface area contributed by atoms with Gasteiger partial charge in [-0.25, -0.2) is 9.59 Å². The lowest BCUT2D eigenvalue weighted by Gasteiger charge is -2.35. The maximum absolute atomic E-state index is 12.9. The third-order valence-corrected chi connectivity index (χ3v) is 5.61. The highest BCUT2D eigenvalue weighted by atomic mass is 16.5. The van der Waals surface area contributed by atoms with Crippen LogP contribution in [0.3, 0.4) is 0 Å². The molecule has 0 bridgehead atoms. The number of esters is 2. The summed E-state index contributed by atoms with van der Waals surface area (Å²) in [5, 5.41) is 5.62. The quantitative estimate of drug-likeness (QED) is 0.591. The first kappa shape index (κ1) is 23.6. The van der Waals surface area contributed by atoms with Crippen LogP contribution in [0.15, 0.2) is 35.5 Å². The second-order valence-corrected chi connectivity index (χ2v) is 7.74. The average Bonchev–Trinajstić information content (AvgIpc) is 2.79. The molecule has 1 fully saturated rings. The van der Waals surface area contributed by atoms with Crippen molar-refractivity contribution in [3.8, 4) is 5.75 Å². The summed E-state index contributed by atoms with van der Waals surface area (Å²) in [5.74, 6) is -0.239. The number of urea groups is 1. The number of carbonyl (C=O) groups excluding carboxylic acids is 3. The Hall–Kier alpha value is -3.07. The van der Waals surface area contributed by atoms with Crippen LogP contribution in [0, 0.1) is 5.92 Å². The Morgan fingerprint density at radius 1 is 1.12 bits per heavy atom. The molecule has 0 radical (unpaired) electrons. The zero-order valence-electron chi connectivity index (χ0n) is 18.8. The SMILES string of the molecule is CCOC(=O)C1=C(CN2CCC[C@@H](C(=O)OCC)C2)NC(=O)N[C@H]1c1ccc(OC)cc1. The molecule has 0 saturated carbocycles. The lowest BCUT2D eigenvalue weighted by Crippen LogP contribution is -2.50. The molecule has 9 heteroatoms. The first-order valence-corrected chi connectivity index (χ1v) is 11.0. The van der Waals surface area contributed by atoms with Gasteiger partial charge in [-0.15, -0.1) is 0 Å². The number of amides is 2. The zero-order chi connectivity index (χ0) is 23.1. The van der Waals surface area contributed by atoms with Crippen molar-refractivity contribution >= 4 is 18.0 Å². The number of carbonyl (C=O) groups is 3. The summed E-state index contributed by atoms with van der Waals surface area (Å²) in [5.41, 5.74) is 1.58. The molecule has 1 saturated heterocycles. The number of piperidine rings is 1. The number of benzene rings is 1. The average molecular weight is 446 g/mol. The van der Waals surface area contributed by atoms with Crippen LogP contribution in [0.5, 0.6) is 5.75 Å². The third-order valence-electron chi connectivity index (χ3n) is 5.61. The van der Waals surface area contributed by atoms with Gasteiger partial charge in [0.1, 0.15) is 5.75 Å². The van der Waals surface area contributed by atoms with Gasteiger partial charge in [0, 0.05) is 18.8 Å². The molecule has 2 amide bonds. The summed E-state index contributed by atoms with van der Waals surface area (Å²) in [4.78, 5) is 39.7. The number of likely N-dealkylation sites (tertiary alicyclic amines) is 1. The van der Waals surface area contributed by atoms with Crippen LogP contribution in [-0.2, 0) is 19.1 Å². The summed E-state index contributed by atoms with van der Waals surface area (Å²) in [7, 11) is 1.57. The van der Waals surface area contributed by atoms with E-state index < -0.39 is 18.0 Å². The van der Waals surface area contributed by atoms with Gasteiger partial charge in [-0.3, -0.25) is 9.69 Å². The molecule has 0 aliphatic carbocycles. The second-order valence-electron chi connectivity index (χ2n) is 7.74. The van der Waals surface area contributed by atoms with Crippen molar-refractivity contribution in [1.29, 1.82) is 0 Å². The molecule has 2 atom stereocenters.